The van der Waals surface area contributed by atoms with E-state index >= 15 is 0 Å². The van der Waals surface area contributed by atoms with Crippen molar-refractivity contribution in [3.63, 3.8) is 0 Å². The van der Waals surface area contributed by atoms with Gasteiger partial charge in [-0.15, -0.1) is 0 Å². The summed E-state index contributed by atoms with van der Waals surface area (Å²) >= 11 is 0. The Morgan fingerprint density at radius 3 is 2.54 bits per heavy atom. The summed E-state index contributed by atoms with van der Waals surface area (Å²) in [5.41, 5.74) is 3.54. The van der Waals surface area contributed by atoms with Crippen molar-refractivity contribution >= 4 is 23.5 Å². The van der Waals surface area contributed by atoms with Crippen LogP contribution in [0.3, 0.4) is 0 Å². The van der Waals surface area contributed by atoms with Crippen LogP contribution in [0.15, 0.2) is 84.6 Å². The number of nitriles is 1. The van der Waals surface area contributed by atoms with Gasteiger partial charge in [-0.2, -0.15) is 5.26 Å². The SMILES string of the molecule is C=C(C(=O)NC)/C(=C\C(=C\CC)NC(=O)C1CC1)Nc1nccc(-c2ccc(C(=O)N(C)Cc3cc(C#N)ccn3)nc2)c1OC. The lowest BCUT2D eigenvalue weighted by Gasteiger charge is -2.18. The highest BCUT2D eigenvalue weighted by atomic mass is 16.5. The summed E-state index contributed by atoms with van der Waals surface area (Å²) in [5, 5.41) is 17.8. The van der Waals surface area contributed by atoms with E-state index in [1.54, 1.807) is 55.8 Å². The fraction of sp³-hybridized carbons (Fsp3) is 0.265. The van der Waals surface area contributed by atoms with E-state index in [2.05, 4.69) is 43.6 Å². The Labute approximate surface area is 267 Å². The van der Waals surface area contributed by atoms with Gasteiger partial charge in [0, 0.05) is 55.4 Å². The monoisotopic (exact) mass is 620 g/mol. The Morgan fingerprint density at radius 2 is 1.91 bits per heavy atom. The lowest BCUT2D eigenvalue weighted by atomic mass is 10.1. The zero-order valence-electron chi connectivity index (χ0n) is 26.3. The summed E-state index contributed by atoms with van der Waals surface area (Å²) in [6, 6.07) is 10.4. The zero-order chi connectivity index (χ0) is 33.2. The fourth-order valence-corrected chi connectivity index (χ4v) is 4.51. The van der Waals surface area contributed by atoms with Crippen molar-refractivity contribution in [2.24, 2.45) is 5.92 Å². The van der Waals surface area contributed by atoms with Gasteiger partial charge in [0.2, 0.25) is 5.91 Å². The molecular weight excluding hydrogens is 584 g/mol. The topological polar surface area (TPSA) is 162 Å². The molecule has 3 aromatic heterocycles. The number of hydrogen-bond acceptors (Lipinski definition) is 9. The van der Waals surface area contributed by atoms with Gasteiger partial charge in [0.1, 0.15) is 5.69 Å². The van der Waals surface area contributed by atoms with E-state index in [0.29, 0.717) is 51.8 Å². The summed E-state index contributed by atoms with van der Waals surface area (Å²) in [4.78, 5) is 52.8. The van der Waals surface area contributed by atoms with Crippen LogP contribution in [-0.4, -0.2) is 58.8 Å². The van der Waals surface area contributed by atoms with E-state index in [1.807, 2.05) is 13.0 Å². The standard InChI is InChI=1S/C34H36N8O4/c1-6-7-25(40-33(44)23-8-9-23)17-29(21(2)32(43)36-3)41-31-30(46-5)27(13-15-38-31)24-10-11-28(39-19-24)34(45)42(4)20-26-16-22(18-35)12-14-37-26/h7,10-17,19,23H,2,6,8-9,20H2,1,3-5H3,(H,36,43)(H,38,41)(H,40,44)/b25-7-,29-17+. The second kappa shape index (κ2) is 15.3. The summed E-state index contributed by atoms with van der Waals surface area (Å²) in [6.45, 7) is 6.11. The second-order valence-electron chi connectivity index (χ2n) is 10.6. The van der Waals surface area contributed by atoms with Crippen LogP contribution in [0, 0.1) is 17.2 Å². The number of rotatable bonds is 13. The third kappa shape index (κ3) is 8.21. The number of aromatic nitrogens is 3. The predicted molar refractivity (Wildman–Crippen MR) is 173 cm³/mol. The number of nitrogens with one attached hydrogen (secondary N) is 3. The van der Waals surface area contributed by atoms with Gasteiger partial charge >= 0.3 is 0 Å². The highest BCUT2D eigenvalue weighted by Crippen LogP contribution is 2.36. The van der Waals surface area contributed by atoms with Crippen molar-refractivity contribution in [1.29, 1.82) is 5.26 Å². The number of methoxy groups -OCH3 is 1. The van der Waals surface area contributed by atoms with Crippen molar-refractivity contribution in [1.82, 2.24) is 30.5 Å². The summed E-state index contributed by atoms with van der Waals surface area (Å²) in [6.07, 6.45) is 10.5. The molecule has 3 N–H and O–H groups in total. The molecule has 12 nitrogen and oxygen atoms in total. The molecule has 0 aliphatic heterocycles. The molecule has 3 aromatic rings. The van der Waals surface area contributed by atoms with Crippen LogP contribution in [0.4, 0.5) is 5.82 Å². The van der Waals surface area contributed by atoms with Crippen LogP contribution in [0.5, 0.6) is 5.75 Å². The van der Waals surface area contributed by atoms with Crippen LogP contribution >= 0.6 is 0 Å². The zero-order valence-corrected chi connectivity index (χ0v) is 26.3. The number of carbonyl (C=O) groups is 3. The molecule has 0 unspecified atom stereocenters. The van der Waals surface area contributed by atoms with Crippen LogP contribution < -0.4 is 20.7 Å². The molecule has 4 rings (SSSR count). The lowest BCUT2D eigenvalue weighted by molar-refractivity contribution is -0.121. The molecule has 3 amide bonds. The number of likely N-dealkylation sites (N-methyl/N-ethyl adjacent to an activating group) is 1. The van der Waals surface area contributed by atoms with Gasteiger partial charge in [-0.1, -0.05) is 25.6 Å². The first-order valence-corrected chi connectivity index (χ1v) is 14.7. The first-order valence-electron chi connectivity index (χ1n) is 14.7. The minimum absolute atomic E-state index is 0.000148. The predicted octanol–water partition coefficient (Wildman–Crippen LogP) is 4.11. The number of pyridine rings is 3. The molecule has 1 saturated carbocycles. The number of allylic oxidation sites excluding steroid dienone is 2. The van der Waals surface area contributed by atoms with E-state index in [-0.39, 0.29) is 35.5 Å². The number of carbonyl (C=O) groups excluding carboxylic acids is 3. The Kier molecular flexibility index (Phi) is 11.0. The van der Waals surface area contributed by atoms with Crippen molar-refractivity contribution in [3.05, 3.63) is 102 Å². The molecule has 1 aliphatic carbocycles. The van der Waals surface area contributed by atoms with E-state index in [4.69, 9.17) is 10.00 Å². The molecule has 0 spiro atoms. The molecule has 1 fully saturated rings. The average Bonchev–Trinajstić information content (AvgIpc) is 3.93. The molecule has 1 aliphatic rings. The van der Waals surface area contributed by atoms with Gasteiger partial charge in [-0.05, 0) is 49.6 Å². The van der Waals surface area contributed by atoms with Crippen LogP contribution in [0.25, 0.3) is 11.1 Å². The highest BCUT2D eigenvalue weighted by Gasteiger charge is 2.30. The number of nitrogens with zero attached hydrogens (tertiary/aromatic N) is 5. The van der Waals surface area contributed by atoms with Crippen molar-refractivity contribution in [2.45, 2.75) is 32.7 Å². The fourth-order valence-electron chi connectivity index (χ4n) is 4.51. The molecule has 0 atom stereocenters. The maximum Gasteiger partial charge on any atom is 0.272 e. The Balaban J connectivity index is 1.60. The van der Waals surface area contributed by atoms with Crippen LogP contribution in [0.1, 0.15) is 47.9 Å². The molecule has 46 heavy (non-hydrogen) atoms. The van der Waals surface area contributed by atoms with Gasteiger partial charge in [0.05, 0.1) is 42.3 Å². The normalized spacial score (nSPS) is 12.8. The molecule has 12 heteroatoms. The van der Waals surface area contributed by atoms with Gasteiger partial charge in [-0.3, -0.25) is 24.4 Å². The first-order chi connectivity index (χ1) is 22.2. The first kappa shape index (κ1) is 33.1. The number of hydrogen-bond donors (Lipinski definition) is 3. The van der Waals surface area contributed by atoms with E-state index in [9.17, 15) is 14.4 Å². The summed E-state index contributed by atoms with van der Waals surface area (Å²) < 4.78 is 5.76. The van der Waals surface area contributed by atoms with Crippen molar-refractivity contribution in [3.8, 4) is 22.9 Å². The van der Waals surface area contributed by atoms with Crippen molar-refractivity contribution < 1.29 is 19.1 Å². The third-order valence-electron chi connectivity index (χ3n) is 7.11. The van der Waals surface area contributed by atoms with Gasteiger partial charge < -0.3 is 25.6 Å². The van der Waals surface area contributed by atoms with E-state index in [0.717, 1.165) is 12.8 Å². The molecular formula is C34H36N8O4. The Bertz CT molecular complexity index is 1740. The van der Waals surface area contributed by atoms with Gasteiger partial charge in [0.15, 0.2) is 11.6 Å². The Morgan fingerprint density at radius 1 is 1.15 bits per heavy atom. The summed E-state index contributed by atoms with van der Waals surface area (Å²) in [7, 11) is 4.64. The third-order valence-corrected chi connectivity index (χ3v) is 7.11. The highest BCUT2D eigenvalue weighted by molar-refractivity contribution is 5.98. The van der Waals surface area contributed by atoms with Gasteiger partial charge in [0.25, 0.3) is 11.8 Å². The molecule has 0 radical (unpaired) electrons. The largest absolute Gasteiger partial charge is 0.492 e. The number of amides is 3. The minimum atomic E-state index is -0.416. The quantitative estimate of drug-likeness (QED) is 0.189. The van der Waals surface area contributed by atoms with E-state index in [1.165, 1.54) is 25.3 Å². The molecule has 236 valence electrons. The number of anilines is 1. The molecule has 3 heterocycles. The second-order valence-corrected chi connectivity index (χ2v) is 10.6. The smallest absolute Gasteiger partial charge is 0.272 e. The minimum Gasteiger partial charge on any atom is -0.492 e. The van der Waals surface area contributed by atoms with Gasteiger partial charge in [-0.25, -0.2) is 4.98 Å². The summed E-state index contributed by atoms with van der Waals surface area (Å²) in [5.74, 6) is -0.132. The maximum absolute atomic E-state index is 13.1. The van der Waals surface area contributed by atoms with E-state index < -0.39 is 5.91 Å². The molecule has 0 aromatic carbocycles. The lowest BCUT2D eigenvalue weighted by Crippen LogP contribution is -2.27. The van der Waals surface area contributed by atoms with Crippen molar-refractivity contribution in [2.75, 3.05) is 26.5 Å². The van der Waals surface area contributed by atoms with Crippen LogP contribution in [-0.2, 0) is 16.1 Å². The average molecular weight is 621 g/mol. The maximum atomic E-state index is 13.1. The number of ether oxygens (including phenoxy) is 1. The Hall–Kier alpha value is -5.83. The van der Waals surface area contributed by atoms with Crippen LogP contribution in [0.2, 0.25) is 0 Å². The molecule has 0 bridgehead atoms. The molecule has 0 saturated heterocycles.